The number of amides is 2. The second-order valence-electron chi connectivity index (χ2n) is 6.15. The Balaban J connectivity index is 2.01. The van der Waals surface area contributed by atoms with Gasteiger partial charge in [0.05, 0.1) is 0 Å². The molecule has 2 aromatic carbocycles. The molecule has 2 aromatic rings. The molecule has 0 bridgehead atoms. The summed E-state index contributed by atoms with van der Waals surface area (Å²) in [6, 6.07) is 17.7. The molecule has 2 amide bonds. The van der Waals surface area contributed by atoms with Crippen LogP contribution in [0.5, 0.6) is 0 Å². The molecule has 0 atom stereocenters. The standard InChI is InChI=1S/C21H26N2O2/c1-4-22(16-19-10-6-5-7-11-19)21(25)13-14-23(18(3)24)20-12-8-9-17(2)15-20/h5-12,15H,4,13-14,16H2,1-3H3. The first-order valence-corrected chi connectivity index (χ1v) is 8.67. The number of hydrogen-bond donors (Lipinski definition) is 0. The number of hydrogen-bond acceptors (Lipinski definition) is 2. The van der Waals surface area contributed by atoms with Crippen LogP contribution in [-0.4, -0.2) is 29.8 Å². The van der Waals surface area contributed by atoms with Crippen molar-refractivity contribution in [2.24, 2.45) is 0 Å². The first-order chi connectivity index (χ1) is 12.0. The van der Waals surface area contributed by atoms with Crippen LogP contribution < -0.4 is 4.90 Å². The minimum atomic E-state index is -0.0514. The third-order valence-corrected chi connectivity index (χ3v) is 4.19. The van der Waals surface area contributed by atoms with Gasteiger partial charge in [0, 0.05) is 38.7 Å². The van der Waals surface area contributed by atoms with Crippen LogP contribution >= 0.6 is 0 Å². The largest absolute Gasteiger partial charge is 0.339 e. The molecule has 0 unspecified atom stereocenters. The number of anilines is 1. The fourth-order valence-corrected chi connectivity index (χ4v) is 2.81. The first-order valence-electron chi connectivity index (χ1n) is 8.67. The van der Waals surface area contributed by atoms with E-state index in [2.05, 4.69) is 0 Å². The summed E-state index contributed by atoms with van der Waals surface area (Å²) in [7, 11) is 0. The SMILES string of the molecule is CCN(Cc1ccccc1)C(=O)CCN(C(C)=O)c1cccc(C)c1. The highest BCUT2D eigenvalue weighted by molar-refractivity contribution is 5.92. The zero-order valence-corrected chi connectivity index (χ0v) is 15.2. The van der Waals surface area contributed by atoms with Gasteiger partial charge in [0.2, 0.25) is 11.8 Å². The number of aryl methyl sites for hydroxylation is 1. The summed E-state index contributed by atoms with van der Waals surface area (Å²) >= 11 is 0. The average molecular weight is 338 g/mol. The molecule has 0 aromatic heterocycles. The van der Waals surface area contributed by atoms with E-state index in [9.17, 15) is 9.59 Å². The molecular weight excluding hydrogens is 312 g/mol. The van der Waals surface area contributed by atoms with Crippen LogP contribution in [0.3, 0.4) is 0 Å². The average Bonchev–Trinajstić information content (AvgIpc) is 2.60. The van der Waals surface area contributed by atoms with Crippen molar-refractivity contribution >= 4 is 17.5 Å². The predicted molar refractivity (Wildman–Crippen MR) is 101 cm³/mol. The maximum absolute atomic E-state index is 12.6. The molecule has 25 heavy (non-hydrogen) atoms. The van der Waals surface area contributed by atoms with E-state index in [1.807, 2.05) is 73.3 Å². The lowest BCUT2D eigenvalue weighted by molar-refractivity contribution is -0.131. The van der Waals surface area contributed by atoms with Gasteiger partial charge in [-0.05, 0) is 37.1 Å². The molecule has 0 fully saturated rings. The Morgan fingerprint density at radius 2 is 1.72 bits per heavy atom. The Morgan fingerprint density at radius 3 is 2.32 bits per heavy atom. The third kappa shape index (κ3) is 5.45. The summed E-state index contributed by atoms with van der Waals surface area (Å²) < 4.78 is 0. The molecule has 0 N–H and O–H groups in total. The molecule has 0 radical (unpaired) electrons. The van der Waals surface area contributed by atoms with E-state index in [0.29, 0.717) is 26.1 Å². The second-order valence-corrected chi connectivity index (χ2v) is 6.15. The minimum absolute atomic E-state index is 0.0514. The van der Waals surface area contributed by atoms with Gasteiger partial charge in [0.1, 0.15) is 0 Å². The van der Waals surface area contributed by atoms with Gasteiger partial charge in [-0.2, -0.15) is 0 Å². The van der Waals surface area contributed by atoms with Crippen molar-refractivity contribution in [1.29, 1.82) is 0 Å². The Hall–Kier alpha value is -2.62. The van der Waals surface area contributed by atoms with Crippen molar-refractivity contribution in [3.8, 4) is 0 Å². The molecule has 4 nitrogen and oxygen atoms in total. The van der Waals surface area contributed by atoms with E-state index < -0.39 is 0 Å². The Morgan fingerprint density at radius 1 is 1.00 bits per heavy atom. The number of carbonyl (C=O) groups excluding carboxylic acids is 2. The van der Waals surface area contributed by atoms with Gasteiger partial charge in [0.15, 0.2) is 0 Å². The molecule has 0 heterocycles. The van der Waals surface area contributed by atoms with Crippen molar-refractivity contribution in [3.05, 3.63) is 65.7 Å². The smallest absolute Gasteiger partial charge is 0.224 e. The van der Waals surface area contributed by atoms with Crippen molar-refractivity contribution in [2.75, 3.05) is 18.0 Å². The van der Waals surface area contributed by atoms with Gasteiger partial charge < -0.3 is 9.80 Å². The summed E-state index contributed by atoms with van der Waals surface area (Å²) in [5, 5.41) is 0. The molecule has 0 saturated heterocycles. The van der Waals surface area contributed by atoms with Crippen LogP contribution in [0.2, 0.25) is 0 Å². The molecular formula is C21H26N2O2. The van der Waals surface area contributed by atoms with E-state index in [0.717, 1.165) is 16.8 Å². The van der Waals surface area contributed by atoms with Gasteiger partial charge in [-0.3, -0.25) is 9.59 Å². The van der Waals surface area contributed by atoms with Crippen molar-refractivity contribution in [2.45, 2.75) is 33.7 Å². The Kier molecular flexibility index (Phi) is 6.75. The highest BCUT2D eigenvalue weighted by Gasteiger charge is 2.17. The molecule has 0 aliphatic rings. The summed E-state index contributed by atoms with van der Waals surface area (Å²) in [5.74, 6) is 0.00904. The number of benzene rings is 2. The zero-order chi connectivity index (χ0) is 18.2. The van der Waals surface area contributed by atoms with E-state index in [1.54, 1.807) is 4.90 Å². The molecule has 4 heteroatoms. The highest BCUT2D eigenvalue weighted by atomic mass is 16.2. The normalized spacial score (nSPS) is 10.4. The van der Waals surface area contributed by atoms with E-state index in [4.69, 9.17) is 0 Å². The van der Waals surface area contributed by atoms with Crippen LogP contribution in [0.15, 0.2) is 54.6 Å². The van der Waals surface area contributed by atoms with Crippen molar-refractivity contribution < 1.29 is 9.59 Å². The van der Waals surface area contributed by atoms with Gasteiger partial charge in [-0.1, -0.05) is 42.5 Å². The fourth-order valence-electron chi connectivity index (χ4n) is 2.81. The quantitative estimate of drug-likeness (QED) is 0.771. The minimum Gasteiger partial charge on any atom is -0.339 e. The van der Waals surface area contributed by atoms with Gasteiger partial charge >= 0.3 is 0 Å². The van der Waals surface area contributed by atoms with Gasteiger partial charge in [-0.25, -0.2) is 0 Å². The Bertz CT molecular complexity index is 713. The molecule has 0 aliphatic heterocycles. The number of rotatable bonds is 7. The topological polar surface area (TPSA) is 40.6 Å². The molecule has 132 valence electrons. The summed E-state index contributed by atoms with van der Waals surface area (Å²) in [5.41, 5.74) is 3.04. The second kappa shape index (κ2) is 9.02. The van der Waals surface area contributed by atoms with Crippen LogP contribution in [0.4, 0.5) is 5.69 Å². The lowest BCUT2D eigenvalue weighted by Crippen LogP contribution is -2.36. The number of nitrogens with zero attached hydrogens (tertiary/aromatic N) is 2. The maximum atomic E-state index is 12.6. The van der Waals surface area contributed by atoms with E-state index in [-0.39, 0.29) is 11.8 Å². The highest BCUT2D eigenvalue weighted by Crippen LogP contribution is 2.17. The van der Waals surface area contributed by atoms with E-state index in [1.165, 1.54) is 6.92 Å². The summed E-state index contributed by atoms with van der Waals surface area (Å²) in [6.07, 6.45) is 0.314. The van der Waals surface area contributed by atoms with Crippen molar-refractivity contribution in [3.63, 3.8) is 0 Å². The molecule has 0 spiro atoms. The van der Waals surface area contributed by atoms with E-state index >= 15 is 0 Å². The third-order valence-electron chi connectivity index (χ3n) is 4.19. The lowest BCUT2D eigenvalue weighted by atomic mass is 10.2. The number of carbonyl (C=O) groups is 2. The van der Waals surface area contributed by atoms with Crippen LogP contribution in [0.25, 0.3) is 0 Å². The van der Waals surface area contributed by atoms with Crippen molar-refractivity contribution in [1.82, 2.24) is 4.90 Å². The molecule has 0 aliphatic carbocycles. The van der Waals surface area contributed by atoms with Crippen LogP contribution in [0.1, 0.15) is 31.4 Å². The molecule has 2 rings (SSSR count). The molecule has 0 saturated carbocycles. The summed E-state index contributed by atoms with van der Waals surface area (Å²) in [4.78, 5) is 28.1. The lowest BCUT2D eigenvalue weighted by Gasteiger charge is -2.25. The fraction of sp³-hybridized carbons (Fsp3) is 0.333. The maximum Gasteiger partial charge on any atom is 0.224 e. The zero-order valence-electron chi connectivity index (χ0n) is 15.2. The Labute approximate surface area is 150 Å². The van der Waals surface area contributed by atoms with Gasteiger partial charge in [0.25, 0.3) is 0 Å². The van der Waals surface area contributed by atoms with Gasteiger partial charge in [-0.15, -0.1) is 0 Å². The van der Waals surface area contributed by atoms with Crippen LogP contribution in [-0.2, 0) is 16.1 Å². The monoisotopic (exact) mass is 338 g/mol. The first kappa shape index (κ1) is 18.7. The summed E-state index contributed by atoms with van der Waals surface area (Å²) in [6.45, 7) is 7.14. The predicted octanol–water partition coefficient (Wildman–Crippen LogP) is 3.79. The van der Waals surface area contributed by atoms with Crippen LogP contribution in [0, 0.1) is 6.92 Å².